The lowest BCUT2D eigenvalue weighted by Gasteiger charge is -2.34. The fourth-order valence-corrected chi connectivity index (χ4v) is 3.87. The minimum Gasteiger partial charge on any atom is -0.342 e. The molecule has 0 aromatic rings. The Morgan fingerprint density at radius 2 is 1.69 bits per heavy atom. The third-order valence-corrected chi connectivity index (χ3v) is 5.23. The largest absolute Gasteiger partial charge is 0.342 e. The van der Waals surface area contributed by atoms with Crippen LogP contribution in [0.4, 0.5) is 4.79 Å². The highest BCUT2D eigenvalue weighted by molar-refractivity contribution is 5.81. The van der Waals surface area contributed by atoms with Crippen molar-refractivity contribution >= 4 is 17.8 Å². The van der Waals surface area contributed by atoms with E-state index in [1.54, 1.807) is 4.90 Å². The molecular formula is C19H34N4O3. The summed E-state index contributed by atoms with van der Waals surface area (Å²) in [6, 6.07) is -0.0979. The van der Waals surface area contributed by atoms with E-state index in [4.69, 9.17) is 0 Å². The van der Waals surface area contributed by atoms with Gasteiger partial charge in [0.2, 0.25) is 11.8 Å². The highest BCUT2D eigenvalue weighted by atomic mass is 16.2. The number of hydrogen-bond donors (Lipinski definition) is 1. The average Bonchev–Trinajstić information content (AvgIpc) is 2.77. The molecule has 4 amide bonds. The van der Waals surface area contributed by atoms with Crippen molar-refractivity contribution in [3.8, 4) is 0 Å². The van der Waals surface area contributed by atoms with E-state index in [1.165, 1.54) is 0 Å². The summed E-state index contributed by atoms with van der Waals surface area (Å²) in [4.78, 5) is 43.2. The van der Waals surface area contributed by atoms with E-state index in [0.29, 0.717) is 58.2 Å². The van der Waals surface area contributed by atoms with Gasteiger partial charge in [-0.1, -0.05) is 27.7 Å². The molecule has 2 aliphatic heterocycles. The van der Waals surface area contributed by atoms with Crippen molar-refractivity contribution in [2.45, 2.75) is 41.0 Å². The van der Waals surface area contributed by atoms with Crippen molar-refractivity contribution in [2.24, 2.45) is 17.3 Å². The molecule has 0 bridgehead atoms. The number of carbonyl (C=O) groups is 3. The monoisotopic (exact) mass is 366 g/mol. The first-order valence-corrected chi connectivity index (χ1v) is 9.77. The molecule has 2 heterocycles. The van der Waals surface area contributed by atoms with Gasteiger partial charge in [0.05, 0.1) is 0 Å². The zero-order valence-corrected chi connectivity index (χ0v) is 16.9. The van der Waals surface area contributed by atoms with Gasteiger partial charge in [-0.3, -0.25) is 9.59 Å². The second kappa shape index (κ2) is 8.27. The van der Waals surface area contributed by atoms with Crippen LogP contribution in [-0.2, 0) is 9.59 Å². The molecule has 1 N–H and O–H groups in total. The van der Waals surface area contributed by atoms with Crippen LogP contribution in [-0.4, -0.2) is 78.4 Å². The third-order valence-electron chi connectivity index (χ3n) is 5.23. The molecule has 1 unspecified atom stereocenters. The summed E-state index contributed by atoms with van der Waals surface area (Å²) < 4.78 is 0. The predicted molar refractivity (Wildman–Crippen MR) is 101 cm³/mol. The van der Waals surface area contributed by atoms with Gasteiger partial charge in [-0.25, -0.2) is 4.79 Å². The Morgan fingerprint density at radius 1 is 1.08 bits per heavy atom. The van der Waals surface area contributed by atoms with Gasteiger partial charge in [-0.05, 0) is 12.8 Å². The smallest absolute Gasteiger partial charge is 0.317 e. The van der Waals surface area contributed by atoms with Gasteiger partial charge in [0, 0.05) is 63.6 Å². The molecule has 148 valence electrons. The quantitative estimate of drug-likeness (QED) is 0.817. The molecule has 26 heavy (non-hydrogen) atoms. The van der Waals surface area contributed by atoms with E-state index in [9.17, 15) is 14.4 Å². The molecular weight excluding hydrogens is 332 g/mol. The maximum atomic E-state index is 12.7. The molecule has 7 nitrogen and oxygen atoms in total. The Bertz CT molecular complexity index is 549. The van der Waals surface area contributed by atoms with Crippen molar-refractivity contribution in [2.75, 3.05) is 45.8 Å². The number of nitrogens with zero attached hydrogens (tertiary/aromatic N) is 3. The molecule has 0 saturated carbocycles. The summed E-state index contributed by atoms with van der Waals surface area (Å²) in [7, 11) is 0. The van der Waals surface area contributed by atoms with E-state index in [1.807, 2.05) is 30.6 Å². The summed E-state index contributed by atoms with van der Waals surface area (Å²) in [5.74, 6) is 0.500. The maximum absolute atomic E-state index is 12.7. The van der Waals surface area contributed by atoms with Gasteiger partial charge < -0.3 is 20.0 Å². The maximum Gasteiger partial charge on any atom is 0.317 e. The van der Waals surface area contributed by atoms with Crippen molar-refractivity contribution in [1.82, 2.24) is 20.0 Å². The second-order valence-electron chi connectivity index (χ2n) is 8.50. The van der Waals surface area contributed by atoms with Crippen molar-refractivity contribution in [1.29, 1.82) is 0 Å². The van der Waals surface area contributed by atoms with E-state index in [2.05, 4.69) is 19.2 Å². The fourth-order valence-electron chi connectivity index (χ4n) is 3.87. The van der Waals surface area contributed by atoms with Crippen LogP contribution in [0.2, 0.25) is 0 Å². The first-order chi connectivity index (χ1) is 12.2. The number of amides is 4. The number of hydrogen-bond acceptors (Lipinski definition) is 3. The minimum atomic E-state index is -0.372. The van der Waals surface area contributed by atoms with Crippen LogP contribution in [0.25, 0.3) is 0 Å². The predicted octanol–water partition coefficient (Wildman–Crippen LogP) is 1.39. The first-order valence-electron chi connectivity index (χ1n) is 9.77. The molecule has 2 aliphatic rings. The van der Waals surface area contributed by atoms with Crippen LogP contribution < -0.4 is 5.32 Å². The van der Waals surface area contributed by atoms with Gasteiger partial charge in [0.25, 0.3) is 0 Å². The van der Waals surface area contributed by atoms with Crippen LogP contribution in [0, 0.1) is 17.3 Å². The van der Waals surface area contributed by atoms with Crippen molar-refractivity contribution < 1.29 is 14.4 Å². The lowest BCUT2D eigenvalue weighted by Crippen LogP contribution is -2.48. The van der Waals surface area contributed by atoms with E-state index in [0.717, 1.165) is 0 Å². The average molecular weight is 367 g/mol. The van der Waals surface area contributed by atoms with Crippen molar-refractivity contribution in [3.05, 3.63) is 0 Å². The molecule has 0 radical (unpaired) electrons. The van der Waals surface area contributed by atoms with Crippen LogP contribution in [0.5, 0.6) is 0 Å². The summed E-state index contributed by atoms with van der Waals surface area (Å²) >= 11 is 0. The normalized spacial score (nSPS) is 24.0. The summed E-state index contributed by atoms with van der Waals surface area (Å²) in [5.41, 5.74) is -0.372. The minimum absolute atomic E-state index is 0.0900. The number of urea groups is 1. The number of carbonyl (C=O) groups excluding carboxylic acids is 3. The van der Waals surface area contributed by atoms with Gasteiger partial charge >= 0.3 is 6.03 Å². The highest BCUT2D eigenvalue weighted by Gasteiger charge is 2.47. The Balaban J connectivity index is 2.21. The lowest BCUT2D eigenvalue weighted by molar-refractivity contribution is -0.135. The Labute approximate surface area is 157 Å². The Morgan fingerprint density at radius 3 is 2.23 bits per heavy atom. The molecule has 1 atom stereocenters. The van der Waals surface area contributed by atoms with E-state index in [-0.39, 0.29) is 29.2 Å². The summed E-state index contributed by atoms with van der Waals surface area (Å²) in [6.07, 6.45) is 0.399. The third kappa shape index (κ3) is 4.68. The van der Waals surface area contributed by atoms with Crippen LogP contribution >= 0.6 is 0 Å². The molecule has 2 saturated heterocycles. The van der Waals surface area contributed by atoms with Crippen molar-refractivity contribution in [3.63, 3.8) is 0 Å². The molecule has 0 aliphatic carbocycles. The van der Waals surface area contributed by atoms with Gasteiger partial charge in [-0.15, -0.1) is 0 Å². The summed E-state index contributed by atoms with van der Waals surface area (Å²) in [6.45, 7) is 13.9. The number of rotatable bonds is 4. The van der Waals surface area contributed by atoms with Gasteiger partial charge in [-0.2, -0.15) is 0 Å². The Hall–Kier alpha value is -1.79. The molecule has 1 spiro atoms. The highest BCUT2D eigenvalue weighted by Crippen LogP contribution is 2.35. The Kier molecular flexibility index (Phi) is 6.53. The molecule has 0 aromatic carbocycles. The first kappa shape index (κ1) is 20.5. The standard InChI is InChI=1S/C19H34N4O3/c1-6-21-11-19(9-16(21)24)12-22(17(25)15(4)5)7-8-23(13-19)18(26)20-10-14(2)3/h14-15H,6-13H2,1-5H3,(H,20,26). The molecule has 7 heteroatoms. The SMILES string of the molecule is CCN1CC2(CC1=O)CN(C(=O)NCC(C)C)CCN(C(=O)C(C)C)C2. The number of nitrogens with one attached hydrogen (secondary N) is 1. The topological polar surface area (TPSA) is 73.0 Å². The number of likely N-dealkylation sites (tertiary alicyclic amines) is 1. The van der Waals surface area contributed by atoms with E-state index < -0.39 is 0 Å². The zero-order valence-electron chi connectivity index (χ0n) is 16.9. The van der Waals surface area contributed by atoms with Crippen LogP contribution in [0.1, 0.15) is 41.0 Å². The van der Waals surface area contributed by atoms with Gasteiger partial charge in [0.1, 0.15) is 0 Å². The van der Waals surface area contributed by atoms with Gasteiger partial charge in [0.15, 0.2) is 0 Å². The molecule has 0 aromatic heterocycles. The second-order valence-corrected chi connectivity index (χ2v) is 8.50. The molecule has 2 rings (SSSR count). The van der Waals surface area contributed by atoms with E-state index >= 15 is 0 Å². The zero-order chi connectivity index (χ0) is 19.5. The summed E-state index contributed by atoms with van der Waals surface area (Å²) in [5, 5.41) is 2.97. The molecule has 2 fully saturated rings. The lowest BCUT2D eigenvalue weighted by atomic mass is 9.85. The van der Waals surface area contributed by atoms with Crippen LogP contribution in [0.15, 0.2) is 0 Å². The fraction of sp³-hybridized carbons (Fsp3) is 0.842. The van der Waals surface area contributed by atoms with Crippen LogP contribution in [0.3, 0.4) is 0 Å².